The third-order valence-electron chi connectivity index (χ3n) is 5.81. The van der Waals surface area contributed by atoms with Gasteiger partial charge in [0.15, 0.2) is 0 Å². The highest BCUT2D eigenvalue weighted by Crippen LogP contribution is 2.33. The predicted molar refractivity (Wildman–Crippen MR) is 128 cm³/mol. The number of rotatable bonds is 6. The number of fused-ring (bicyclic) bond motifs is 1. The Morgan fingerprint density at radius 2 is 1.76 bits per heavy atom. The molecule has 1 aromatic heterocycles. The maximum absolute atomic E-state index is 13.7. The van der Waals surface area contributed by atoms with Crippen molar-refractivity contribution in [1.82, 2.24) is 8.96 Å². The van der Waals surface area contributed by atoms with Gasteiger partial charge < -0.3 is 5.73 Å². The molecule has 0 radical (unpaired) electrons. The Labute approximate surface area is 192 Å². The number of imidazole rings is 1. The summed E-state index contributed by atoms with van der Waals surface area (Å²) in [7, 11) is -3.82. The Kier molecular flexibility index (Phi) is 6.33. The molecule has 4 rings (SSSR count). The SMILES string of the molecule is CC(=O)Nc1nc2ccc(/C(=C/C(N)=O)c3ccccc3)cc2n1S(=O)(=O)C1CCCCC1. The van der Waals surface area contributed by atoms with Gasteiger partial charge in [-0.2, -0.15) is 0 Å². The number of hydrogen-bond donors (Lipinski definition) is 2. The van der Waals surface area contributed by atoms with E-state index in [0.717, 1.165) is 28.8 Å². The standard InChI is InChI=1S/C24H26N4O4S/c1-16(29)26-24-27-21-13-12-18(20(15-23(25)30)17-8-4-2-5-9-17)14-22(21)28(24)33(31,32)19-10-6-3-7-11-19/h2,4-5,8-9,12-15,19H,3,6-7,10-11H2,1H3,(H2,25,30)(H,26,27,29)/b20-15+. The van der Waals surface area contributed by atoms with Gasteiger partial charge in [-0.05, 0) is 41.7 Å². The zero-order valence-corrected chi connectivity index (χ0v) is 19.1. The molecule has 1 heterocycles. The zero-order valence-electron chi connectivity index (χ0n) is 18.3. The molecule has 0 unspecified atom stereocenters. The number of primary amides is 1. The largest absolute Gasteiger partial charge is 0.366 e. The van der Waals surface area contributed by atoms with E-state index in [4.69, 9.17) is 5.73 Å². The van der Waals surface area contributed by atoms with Crippen molar-refractivity contribution in [2.75, 3.05) is 5.32 Å². The van der Waals surface area contributed by atoms with Crippen LogP contribution in [0, 0.1) is 0 Å². The Morgan fingerprint density at radius 3 is 2.39 bits per heavy atom. The van der Waals surface area contributed by atoms with Crippen molar-refractivity contribution in [1.29, 1.82) is 0 Å². The lowest BCUT2D eigenvalue weighted by Crippen LogP contribution is -2.30. The highest BCUT2D eigenvalue weighted by Gasteiger charge is 2.33. The fourth-order valence-electron chi connectivity index (χ4n) is 4.32. The molecule has 0 bridgehead atoms. The van der Waals surface area contributed by atoms with E-state index in [9.17, 15) is 18.0 Å². The number of carbonyl (C=O) groups is 2. The van der Waals surface area contributed by atoms with Gasteiger partial charge in [0, 0.05) is 13.0 Å². The van der Waals surface area contributed by atoms with E-state index in [-0.39, 0.29) is 5.95 Å². The van der Waals surface area contributed by atoms with E-state index < -0.39 is 27.1 Å². The van der Waals surface area contributed by atoms with Gasteiger partial charge in [-0.25, -0.2) is 17.4 Å². The quantitative estimate of drug-likeness (QED) is 0.539. The van der Waals surface area contributed by atoms with Crippen LogP contribution in [0.2, 0.25) is 0 Å². The number of nitrogens with zero attached hydrogens (tertiary/aromatic N) is 2. The van der Waals surface area contributed by atoms with Crippen LogP contribution in [-0.2, 0) is 19.6 Å². The van der Waals surface area contributed by atoms with Gasteiger partial charge in [0.05, 0.1) is 16.3 Å². The van der Waals surface area contributed by atoms with Crippen LogP contribution in [0.25, 0.3) is 16.6 Å². The predicted octanol–water partition coefficient (Wildman–Crippen LogP) is 3.42. The van der Waals surface area contributed by atoms with Crippen molar-refractivity contribution in [3.8, 4) is 0 Å². The summed E-state index contributed by atoms with van der Waals surface area (Å²) >= 11 is 0. The lowest BCUT2D eigenvalue weighted by atomic mass is 9.97. The number of anilines is 1. The van der Waals surface area contributed by atoms with E-state index in [2.05, 4.69) is 10.3 Å². The Balaban J connectivity index is 1.93. The monoisotopic (exact) mass is 466 g/mol. The van der Waals surface area contributed by atoms with Gasteiger partial charge in [0.1, 0.15) is 0 Å². The first-order chi connectivity index (χ1) is 15.8. The number of aromatic nitrogens is 2. The van der Waals surface area contributed by atoms with Crippen LogP contribution < -0.4 is 11.1 Å². The lowest BCUT2D eigenvalue weighted by molar-refractivity contribution is -0.114. The number of amides is 2. The van der Waals surface area contributed by atoms with Crippen LogP contribution in [0.1, 0.15) is 50.2 Å². The number of benzene rings is 2. The molecular weight excluding hydrogens is 440 g/mol. The number of hydrogen-bond acceptors (Lipinski definition) is 5. The molecule has 2 aromatic carbocycles. The van der Waals surface area contributed by atoms with Crippen LogP contribution in [0.5, 0.6) is 0 Å². The molecule has 9 heteroatoms. The first kappa shape index (κ1) is 22.7. The number of nitrogens with two attached hydrogens (primary N) is 1. The van der Waals surface area contributed by atoms with Crippen LogP contribution in [-0.4, -0.2) is 34.4 Å². The van der Waals surface area contributed by atoms with Crippen molar-refractivity contribution in [2.24, 2.45) is 5.73 Å². The first-order valence-electron chi connectivity index (χ1n) is 10.9. The minimum absolute atomic E-state index is 0.0274. The van der Waals surface area contributed by atoms with E-state index in [0.29, 0.717) is 35.0 Å². The molecule has 0 saturated heterocycles. The highest BCUT2D eigenvalue weighted by atomic mass is 32.2. The van der Waals surface area contributed by atoms with Crippen molar-refractivity contribution in [3.05, 3.63) is 65.7 Å². The van der Waals surface area contributed by atoms with E-state index in [1.54, 1.807) is 18.2 Å². The number of carbonyl (C=O) groups excluding carboxylic acids is 2. The molecule has 1 aliphatic carbocycles. The summed E-state index contributed by atoms with van der Waals surface area (Å²) in [4.78, 5) is 28.0. The average molecular weight is 467 g/mol. The summed E-state index contributed by atoms with van der Waals surface area (Å²) in [5.41, 5.74) is 8.16. The third kappa shape index (κ3) is 4.68. The second kappa shape index (κ2) is 9.19. The summed E-state index contributed by atoms with van der Waals surface area (Å²) < 4.78 is 28.5. The van der Waals surface area contributed by atoms with Gasteiger partial charge in [-0.3, -0.25) is 14.9 Å². The second-order valence-electron chi connectivity index (χ2n) is 8.22. The molecule has 172 valence electrons. The van der Waals surface area contributed by atoms with Gasteiger partial charge in [-0.15, -0.1) is 0 Å². The zero-order chi connectivity index (χ0) is 23.6. The molecule has 33 heavy (non-hydrogen) atoms. The van der Waals surface area contributed by atoms with Crippen molar-refractivity contribution in [3.63, 3.8) is 0 Å². The molecule has 0 atom stereocenters. The summed E-state index contributed by atoms with van der Waals surface area (Å²) in [6.45, 7) is 1.31. The van der Waals surface area contributed by atoms with Crippen molar-refractivity contribution in [2.45, 2.75) is 44.3 Å². The fourth-order valence-corrected chi connectivity index (χ4v) is 6.30. The van der Waals surface area contributed by atoms with Crippen molar-refractivity contribution >= 4 is 44.4 Å². The third-order valence-corrected chi connectivity index (χ3v) is 8.00. The smallest absolute Gasteiger partial charge is 0.244 e. The minimum atomic E-state index is -3.82. The van der Waals surface area contributed by atoms with E-state index in [1.165, 1.54) is 13.0 Å². The molecule has 1 fully saturated rings. The van der Waals surface area contributed by atoms with E-state index >= 15 is 0 Å². The van der Waals surface area contributed by atoms with Crippen LogP contribution in [0.15, 0.2) is 54.6 Å². The highest BCUT2D eigenvalue weighted by molar-refractivity contribution is 7.90. The molecule has 1 aliphatic rings. The van der Waals surface area contributed by atoms with Crippen molar-refractivity contribution < 1.29 is 18.0 Å². The summed E-state index contributed by atoms with van der Waals surface area (Å²) in [6, 6.07) is 14.4. The Bertz CT molecular complexity index is 1340. The number of nitrogens with one attached hydrogen (secondary N) is 1. The second-order valence-corrected chi connectivity index (χ2v) is 10.3. The molecule has 3 N–H and O–H groups in total. The molecular formula is C24H26N4O4S. The molecule has 0 spiro atoms. The van der Waals surface area contributed by atoms with Gasteiger partial charge in [-0.1, -0.05) is 55.7 Å². The molecule has 0 aliphatic heterocycles. The summed E-state index contributed by atoms with van der Waals surface area (Å²) in [5, 5.41) is 2.02. The minimum Gasteiger partial charge on any atom is -0.366 e. The Hall–Kier alpha value is -3.46. The fraction of sp³-hybridized carbons (Fsp3) is 0.292. The van der Waals surface area contributed by atoms with E-state index in [1.807, 2.05) is 30.3 Å². The lowest BCUT2D eigenvalue weighted by Gasteiger charge is -2.23. The van der Waals surface area contributed by atoms with Crippen LogP contribution in [0.4, 0.5) is 5.95 Å². The maximum atomic E-state index is 13.7. The summed E-state index contributed by atoms with van der Waals surface area (Å²) in [6.07, 6.45) is 5.16. The van der Waals surface area contributed by atoms with Gasteiger partial charge in [0.2, 0.25) is 27.8 Å². The molecule has 2 amide bonds. The average Bonchev–Trinajstić information content (AvgIpc) is 3.15. The first-order valence-corrected chi connectivity index (χ1v) is 12.4. The van der Waals surface area contributed by atoms with Crippen LogP contribution >= 0.6 is 0 Å². The molecule has 8 nitrogen and oxygen atoms in total. The maximum Gasteiger partial charge on any atom is 0.244 e. The summed E-state index contributed by atoms with van der Waals surface area (Å²) in [5.74, 6) is -1.05. The van der Waals surface area contributed by atoms with Gasteiger partial charge in [0.25, 0.3) is 0 Å². The Morgan fingerprint density at radius 1 is 1.06 bits per heavy atom. The molecule has 3 aromatic rings. The van der Waals surface area contributed by atoms with Gasteiger partial charge >= 0.3 is 0 Å². The topological polar surface area (TPSA) is 124 Å². The normalized spacial score (nSPS) is 15.5. The molecule has 1 saturated carbocycles. The van der Waals surface area contributed by atoms with Crippen LogP contribution in [0.3, 0.4) is 0 Å².